The van der Waals surface area contributed by atoms with Gasteiger partial charge in [-0.15, -0.1) is 5.10 Å². The number of nitrogens with zero attached hydrogens (tertiary/aromatic N) is 3. The number of alkyl halides is 3. The predicted octanol–water partition coefficient (Wildman–Crippen LogP) is 6.32. The van der Waals surface area contributed by atoms with E-state index in [0.717, 1.165) is 6.07 Å². The van der Waals surface area contributed by atoms with Gasteiger partial charge >= 0.3 is 6.18 Å². The Bertz CT molecular complexity index is 1210. The summed E-state index contributed by atoms with van der Waals surface area (Å²) >= 11 is 0. The highest BCUT2D eigenvalue weighted by molar-refractivity contribution is 5.89. The predicted molar refractivity (Wildman–Crippen MR) is 112 cm³/mol. The molecule has 2 heterocycles. The minimum Gasteiger partial charge on any atom is -0.456 e. The highest BCUT2D eigenvalue weighted by atomic mass is 19.4. The molecule has 158 valence electrons. The fourth-order valence-electron chi connectivity index (χ4n) is 3.44. The Hall–Kier alpha value is -3.68. The lowest BCUT2D eigenvalue weighted by Crippen LogP contribution is -2.14. The third kappa shape index (κ3) is 4.42. The first kappa shape index (κ1) is 20.6. The number of fused-ring (bicyclic) bond motifs is 1. The molecule has 1 N–H and O–H groups in total. The van der Waals surface area contributed by atoms with E-state index in [1.807, 2.05) is 30.3 Å². The Morgan fingerprint density at radius 1 is 0.968 bits per heavy atom. The normalized spacial score (nSPS) is 12.5. The number of hydrogen-bond acceptors (Lipinski definition) is 5. The monoisotopic (exact) mass is 424 g/mol. The van der Waals surface area contributed by atoms with Crippen molar-refractivity contribution in [2.75, 3.05) is 5.32 Å². The molecule has 0 aliphatic rings. The highest BCUT2D eigenvalue weighted by Gasteiger charge is 2.33. The number of anilines is 1. The standard InChI is InChI=1S/C23H19F3N4O/c1-14-18(9-6-10-20(14)23(24,25)26)15(2)29-22-19-11-17(12-27-21(19)13-28-30-22)31-16-7-4-3-5-8-16/h3-13,15H,1-2H3,(H,29,30)/t15-/m1/s1. The van der Waals surface area contributed by atoms with Gasteiger partial charge in [0, 0.05) is 5.39 Å². The lowest BCUT2D eigenvalue weighted by molar-refractivity contribution is -0.138. The van der Waals surface area contributed by atoms with Crippen LogP contribution in [0.25, 0.3) is 10.9 Å². The average molecular weight is 424 g/mol. The molecule has 0 unspecified atom stereocenters. The summed E-state index contributed by atoms with van der Waals surface area (Å²) in [6.45, 7) is 3.25. The van der Waals surface area contributed by atoms with E-state index in [9.17, 15) is 13.2 Å². The maximum atomic E-state index is 13.3. The highest BCUT2D eigenvalue weighted by Crippen LogP contribution is 2.35. The first-order chi connectivity index (χ1) is 14.8. The van der Waals surface area contributed by atoms with Crippen LogP contribution in [-0.2, 0) is 6.18 Å². The van der Waals surface area contributed by atoms with Gasteiger partial charge in [0.25, 0.3) is 0 Å². The second-order valence-corrected chi connectivity index (χ2v) is 7.10. The van der Waals surface area contributed by atoms with E-state index >= 15 is 0 Å². The number of pyridine rings is 1. The molecule has 4 rings (SSSR count). The van der Waals surface area contributed by atoms with E-state index in [1.54, 1.807) is 25.3 Å². The smallest absolute Gasteiger partial charge is 0.416 e. The van der Waals surface area contributed by atoms with Crippen molar-refractivity contribution in [1.82, 2.24) is 15.2 Å². The molecule has 0 saturated heterocycles. The molecule has 8 heteroatoms. The van der Waals surface area contributed by atoms with Gasteiger partial charge in [-0.05, 0) is 49.2 Å². The molecular weight excluding hydrogens is 405 g/mol. The Morgan fingerprint density at radius 3 is 2.48 bits per heavy atom. The summed E-state index contributed by atoms with van der Waals surface area (Å²) in [6, 6.07) is 14.8. The molecule has 0 bridgehead atoms. The quantitative estimate of drug-likeness (QED) is 0.406. The van der Waals surface area contributed by atoms with Crippen molar-refractivity contribution in [1.29, 1.82) is 0 Å². The average Bonchev–Trinajstić information content (AvgIpc) is 2.74. The summed E-state index contributed by atoms with van der Waals surface area (Å²) in [7, 11) is 0. The van der Waals surface area contributed by atoms with E-state index in [-0.39, 0.29) is 5.56 Å². The summed E-state index contributed by atoms with van der Waals surface area (Å²) in [5, 5.41) is 11.9. The van der Waals surface area contributed by atoms with Crippen LogP contribution in [0.1, 0.15) is 29.7 Å². The molecule has 0 fully saturated rings. The molecule has 0 saturated carbocycles. The molecule has 1 atom stereocenters. The minimum absolute atomic E-state index is 0.175. The van der Waals surface area contributed by atoms with Crippen molar-refractivity contribution in [3.63, 3.8) is 0 Å². The first-order valence-corrected chi connectivity index (χ1v) is 9.60. The number of ether oxygens (including phenoxy) is 1. The van der Waals surface area contributed by atoms with Gasteiger partial charge in [0.05, 0.1) is 29.5 Å². The van der Waals surface area contributed by atoms with Crippen LogP contribution in [0.2, 0.25) is 0 Å². The van der Waals surface area contributed by atoms with Crippen LogP contribution in [0, 0.1) is 6.92 Å². The van der Waals surface area contributed by atoms with Crippen molar-refractivity contribution in [2.45, 2.75) is 26.1 Å². The number of aromatic nitrogens is 3. The van der Waals surface area contributed by atoms with E-state index in [1.165, 1.54) is 19.2 Å². The van der Waals surface area contributed by atoms with Crippen LogP contribution in [0.15, 0.2) is 67.0 Å². The molecule has 31 heavy (non-hydrogen) atoms. The number of hydrogen-bond donors (Lipinski definition) is 1. The third-order valence-electron chi connectivity index (χ3n) is 4.97. The summed E-state index contributed by atoms with van der Waals surface area (Å²) in [5.41, 5.74) is 0.640. The van der Waals surface area contributed by atoms with E-state index in [4.69, 9.17) is 4.74 Å². The van der Waals surface area contributed by atoms with Gasteiger partial charge in [-0.1, -0.05) is 30.3 Å². The molecule has 0 amide bonds. The van der Waals surface area contributed by atoms with Crippen molar-refractivity contribution in [3.8, 4) is 11.5 Å². The van der Waals surface area contributed by atoms with Crippen molar-refractivity contribution in [2.24, 2.45) is 0 Å². The molecule has 4 aromatic rings. The molecule has 0 aliphatic carbocycles. The largest absolute Gasteiger partial charge is 0.456 e. The fraction of sp³-hybridized carbons (Fsp3) is 0.174. The Balaban J connectivity index is 1.66. The third-order valence-corrected chi connectivity index (χ3v) is 4.97. The van der Waals surface area contributed by atoms with Crippen molar-refractivity contribution in [3.05, 3.63) is 83.7 Å². The lowest BCUT2D eigenvalue weighted by atomic mass is 9.97. The molecular formula is C23H19F3N4O. The van der Waals surface area contributed by atoms with Gasteiger partial charge in [-0.2, -0.15) is 18.3 Å². The van der Waals surface area contributed by atoms with Gasteiger partial charge in [0.1, 0.15) is 11.5 Å². The number of halogens is 3. The van der Waals surface area contributed by atoms with Crippen LogP contribution in [0.3, 0.4) is 0 Å². The van der Waals surface area contributed by atoms with Crippen LogP contribution in [0.4, 0.5) is 19.0 Å². The topological polar surface area (TPSA) is 59.9 Å². The lowest BCUT2D eigenvalue weighted by Gasteiger charge is -2.20. The summed E-state index contributed by atoms with van der Waals surface area (Å²) in [4.78, 5) is 4.37. The molecule has 0 aliphatic heterocycles. The Labute approximate surface area is 176 Å². The number of rotatable bonds is 5. The maximum Gasteiger partial charge on any atom is 0.416 e. The molecule has 0 radical (unpaired) electrons. The summed E-state index contributed by atoms with van der Waals surface area (Å²) in [6.07, 6.45) is -1.30. The molecule has 2 aromatic heterocycles. The summed E-state index contributed by atoms with van der Waals surface area (Å²) < 4.78 is 45.7. The Kier molecular flexibility index (Phi) is 5.46. The van der Waals surface area contributed by atoms with Crippen LogP contribution >= 0.6 is 0 Å². The zero-order valence-corrected chi connectivity index (χ0v) is 16.8. The molecule has 5 nitrogen and oxygen atoms in total. The number of para-hydroxylation sites is 1. The van der Waals surface area contributed by atoms with Gasteiger partial charge in [-0.25, -0.2) is 0 Å². The molecule has 2 aromatic carbocycles. The van der Waals surface area contributed by atoms with E-state index < -0.39 is 17.8 Å². The van der Waals surface area contributed by atoms with Crippen LogP contribution in [0.5, 0.6) is 11.5 Å². The van der Waals surface area contributed by atoms with E-state index in [2.05, 4.69) is 20.5 Å². The maximum absolute atomic E-state index is 13.3. The zero-order chi connectivity index (χ0) is 22.0. The fourth-order valence-corrected chi connectivity index (χ4v) is 3.44. The molecule has 0 spiro atoms. The second-order valence-electron chi connectivity index (χ2n) is 7.10. The van der Waals surface area contributed by atoms with Crippen molar-refractivity contribution >= 4 is 16.7 Å². The number of nitrogens with one attached hydrogen (secondary N) is 1. The zero-order valence-electron chi connectivity index (χ0n) is 16.8. The van der Waals surface area contributed by atoms with Crippen molar-refractivity contribution < 1.29 is 17.9 Å². The summed E-state index contributed by atoms with van der Waals surface area (Å²) in [5.74, 6) is 1.58. The van der Waals surface area contributed by atoms with Gasteiger partial charge in [0.15, 0.2) is 5.82 Å². The number of benzene rings is 2. The Morgan fingerprint density at radius 2 is 1.74 bits per heavy atom. The van der Waals surface area contributed by atoms with Crippen LogP contribution in [-0.4, -0.2) is 15.2 Å². The SMILES string of the molecule is Cc1c([C@@H](C)Nc2nncc3ncc(Oc4ccccc4)cc23)cccc1C(F)(F)F. The van der Waals surface area contributed by atoms with Gasteiger partial charge in [0.2, 0.25) is 0 Å². The van der Waals surface area contributed by atoms with Gasteiger partial charge < -0.3 is 10.1 Å². The second kappa shape index (κ2) is 8.22. The van der Waals surface area contributed by atoms with Crippen LogP contribution < -0.4 is 10.1 Å². The van der Waals surface area contributed by atoms with E-state index in [0.29, 0.717) is 33.8 Å². The van der Waals surface area contributed by atoms with Gasteiger partial charge in [-0.3, -0.25) is 4.98 Å². The first-order valence-electron chi connectivity index (χ1n) is 9.60. The minimum atomic E-state index is -4.41.